The molecule has 0 aliphatic rings. The highest BCUT2D eigenvalue weighted by Crippen LogP contribution is 2.35. The summed E-state index contributed by atoms with van der Waals surface area (Å²) in [6.45, 7) is 4.44. The van der Waals surface area contributed by atoms with E-state index in [4.69, 9.17) is 14.5 Å². The number of aromatic nitrogens is 2. The fourth-order valence-electron chi connectivity index (χ4n) is 3.63. The van der Waals surface area contributed by atoms with E-state index in [-0.39, 0.29) is 11.5 Å². The van der Waals surface area contributed by atoms with Crippen LogP contribution >= 0.6 is 47.8 Å². The minimum absolute atomic E-state index is 0.0352. The first-order valence-electron chi connectivity index (χ1n) is 11.3. The molecule has 0 saturated carbocycles. The Morgan fingerprint density at radius 3 is 2.44 bits per heavy atom. The third kappa shape index (κ3) is 5.90. The van der Waals surface area contributed by atoms with Crippen molar-refractivity contribution in [3.8, 4) is 11.5 Å². The van der Waals surface area contributed by atoms with Gasteiger partial charge in [-0.2, -0.15) is 9.78 Å². The van der Waals surface area contributed by atoms with Crippen molar-refractivity contribution in [2.24, 2.45) is 5.10 Å². The third-order valence-corrected chi connectivity index (χ3v) is 7.24. The summed E-state index contributed by atoms with van der Waals surface area (Å²) in [5, 5.41) is 5.10. The smallest absolute Gasteiger partial charge is 0.282 e. The average Bonchev–Trinajstić information content (AvgIpc) is 2.87. The van der Waals surface area contributed by atoms with Crippen LogP contribution in [0.1, 0.15) is 43.1 Å². The van der Waals surface area contributed by atoms with Crippen LogP contribution in [0.5, 0.6) is 11.5 Å². The van der Waals surface area contributed by atoms with Gasteiger partial charge in [0.25, 0.3) is 5.56 Å². The molecule has 0 radical (unpaired) electrons. The molecular weight excluding hydrogens is 654 g/mol. The molecule has 0 aliphatic carbocycles. The van der Waals surface area contributed by atoms with E-state index in [0.29, 0.717) is 40.4 Å². The van der Waals surface area contributed by atoms with E-state index in [1.165, 1.54) is 4.68 Å². The molecule has 0 unspecified atom stereocenters. The van der Waals surface area contributed by atoms with Crippen molar-refractivity contribution < 1.29 is 9.47 Å². The topological polar surface area (TPSA) is 65.7 Å². The summed E-state index contributed by atoms with van der Waals surface area (Å²) in [6.07, 6.45) is 2.43. The number of methoxy groups -OCH3 is 1. The molecule has 0 bridgehead atoms. The quantitative estimate of drug-likeness (QED) is 0.180. The van der Waals surface area contributed by atoms with Gasteiger partial charge in [0.05, 0.1) is 24.2 Å². The number of benzene rings is 3. The molecule has 0 spiro atoms. The van der Waals surface area contributed by atoms with Crippen LogP contribution in [-0.4, -0.2) is 23.0 Å². The minimum atomic E-state index is -0.229. The Hall–Kier alpha value is -2.49. The Bertz CT molecular complexity index is 1480. The fraction of sp³-hybridized carbons (Fsp3) is 0.222. The van der Waals surface area contributed by atoms with Crippen LogP contribution in [0.4, 0.5) is 0 Å². The fourth-order valence-corrected chi connectivity index (χ4v) is 4.71. The van der Waals surface area contributed by atoms with Crippen LogP contribution in [0.15, 0.2) is 77.9 Å². The van der Waals surface area contributed by atoms with Crippen molar-refractivity contribution in [2.75, 3.05) is 7.11 Å². The summed E-state index contributed by atoms with van der Waals surface area (Å²) in [5.74, 6) is 1.72. The maximum atomic E-state index is 13.5. The van der Waals surface area contributed by atoms with Gasteiger partial charge >= 0.3 is 0 Å². The Morgan fingerprint density at radius 2 is 1.75 bits per heavy atom. The van der Waals surface area contributed by atoms with Gasteiger partial charge in [-0.1, -0.05) is 73.8 Å². The van der Waals surface area contributed by atoms with E-state index in [2.05, 4.69) is 59.8 Å². The molecule has 36 heavy (non-hydrogen) atoms. The maximum Gasteiger partial charge on any atom is 0.282 e. The zero-order valence-electron chi connectivity index (χ0n) is 20.0. The predicted octanol–water partition coefficient (Wildman–Crippen LogP) is 7.67. The van der Waals surface area contributed by atoms with Crippen molar-refractivity contribution in [3.63, 3.8) is 0 Å². The van der Waals surface area contributed by atoms with E-state index in [9.17, 15) is 4.79 Å². The molecule has 0 N–H and O–H groups in total. The van der Waals surface area contributed by atoms with E-state index in [1.54, 1.807) is 19.4 Å². The predicted molar refractivity (Wildman–Crippen MR) is 155 cm³/mol. The van der Waals surface area contributed by atoms with E-state index >= 15 is 0 Å². The molecule has 1 heterocycles. The number of rotatable bonds is 8. The second-order valence-electron chi connectivity index (χ2n) is 8.24. The van der Waals surface area contributed by atoms with Crippen LogP contribution < -0.4 is 15.0 Å². The Kier molecular flexibility index (Phi) is 8.64. The van der Waals surface area contributed by atoms with Crippen molar-refractivity contribution in [1.82, 2.24) is 9.66 Å². The summed E-state index contributed by atoms with van der Waals surface area (Å²) in [6, 6.07) is 17.1. The summed E-state index contributed by atoms with van der Waals surface area (Å²) >= 11 is 10.4. The Labute approximate surface area is 234 Å². The van der Waals surface area contributed by atoms with Crippen LogP contribution in [0.3, 0.4) is 0 Å². The van der Waals surface area contributed by atoms with E-state index < -0.39 is 0 Å². The lowest BCUT2D eigenvalue weighted by atomic mass is 10.1. The van der Waals surface area contributed by atoms with Gasteiger partial charge in [-0.15, -0.1) is 0 Å². The zero-order valence-corrected chi connectivity index (χ0v) is 24.7. The first-order chi connectivity index (χ1) is 17.3. The molecule has 9 heteroatoms. The number of nitrogens with zero attached hydrogens (tertiary/aromatic N) is 3. The van der Waals surface area contributed by atoms with Crippen molar-refractivity contribution >= 4 is 64.9 Å². The molecule has 1 aromatic heterocycles. The van der Waals surface area contributed by atoms with Crippen LogP contribution in [0.25, 0.3) is 10.9 Å². The largest absolute Gasteiger partial charge is 0.493 e. The monoisotopic (exact) mass is 675 g/mol. The van der Waals surface area contributed by atoms with Crippen molar-refractivity contribution in [3.05, 3.63) is 95.3 Å². The lowest BCUT2D eigenvalue weighted by Crippen LogP contribution is -2.23. The summed E-state index contributed by atoms with van der Waals surface area (Å²) in [5.41, 5.74) is 2.08. The van der Waals surface area contributed by atoms with Crippen LogP contribution in [0.2, 0.25) is 0 Å². The van der Waals surface area contributed by atoms with Crippen LogP contribution in [-0.2, 0) is 6.61 Å². The van der Waals surface area contributed by atoms with E-state index in [1.807, 2.05) is 55.5 Å². The second kappa shape index (κ2) is 11.7. The third-order valence-electron chi connectivity index (χ3n) is 5.76. The van der Waals surface area contributed by atoms with Gasteiger partial charge in [0.2, 0.25) is 0 Å². The molecule has 6 nitrogen and oxygen atoms in total. The molecule has 3 aromatic carbocycles. The van der Waals surface area contributed by atoms with Gasteiger partial charge in [0.15, 0.2) is 11.5 Å². The average molecular weight is 678 g/mol. The highest BCUT2D eigenvalue weighted by atomic mass is 79.9. The van der Waals surface area contributed by atoms with Gasteiger partial charge in [-0.3, -0.25) is 4.79 Å². The van der Waals surface area contributed by atoms with Crippen molar-refractivity contribution in [1.29, 1.82) is 0 Å². The normalized spacial score (nSPS) is 12.3. The second-order valence-corrected chi connectivity index (χ2v) is 11.0. The highest BCUT2D eigenvalue weighted by Gasteiger charge is 2.17. The first-order valence-corrected chi connectivity index (χ1v) is 13.7. The number of halogens is 3. The SMILES string of the molecule is CC[C@H](C)c1nc2ccc(Br)cc2c(=O)n1N=Cc1cc(Br)cc(OC)c1OCc1ccc(Br)cc1. The maximum absolute atomic E-state index is 13.5. The number of hydrogen-bond donors (Lipinski definition) is 0. The Morgan fingerprint density at radius 1 is 1.03 bits per heavy atom. The van der Waals surface area contributed by atoms with Gasteiger partial charge in [0.1, 0.15) is 12.4 Å². The highest BCUT2D eigenvalue weighted by molar-refractivity contribution is 9.11. The molecule has 0 amide bonds. The lowest BCUT2D eigenvalue weighted by molar-refractivity contribution is 0.284. The molecular formula is C27H24Br3N3O3. The molecule has 4 rings (SSSR count). The molecule has 0 saturated heterocycles. The van der Waals surface area contributed by atoms with Crippen molar-refractivity contribution in [2.45, 2.75) is 32.8 Å². The van der Waals surface area contributed by atoms with Gasteiger partial charge in [0, 0.05) is 24.9 Å². The van der Waals surface area contributed by atoms with E-state index in [0.717, 1.165) is 25.4 Å². The first kappa shape index (κ1) is 26.6. The molecule has 186 valence electrons. The number of fused-ring (bicyclic) bond motifs is 1. The summed E-state index contributed by atoms with van der Waals surface area (Å²) < 4.78 is 15.8. The minimum Gasteiger partial charge on any atom is -0.493 e. The molecule has 1 atom stereocenters. The standard InChI is InChI=1S/C27H24Br3N3O3/c1-4-16(2)26-32-23-10-9-20(29)12-22(23)27(34)33(26)31-14-18-11-21(30)13-24(35-3)25(18)36-15-17-5-7-19(28)8-6-17/h5-14,16H,4,15H2,1-3H3/t16-/m0/s1. The molecule has 0 aliphatic heterocycles. The Balaban J connectivity index is 1.80. The summed E-state index contributed by atoms with van der Waals surface area (Å²) in [7, 11) is 1.59. The summed E-state index contributed by atoms with van der Waals surface area (Å²) in [4.78, 5) is 18.3. The van der Waals surface area contributed by atoms with Crippen LogP contribution in [0, 0.1) is 0 Å². The zero-order chi connectivity index (χ0) is 25.8. The number of hydrogen-bond acceptors (Lipinski definition) is 5. The van der Waals surface area contributed by atoms with Gasteiger partial charge in [-0.05, 0) is 54.4 Å². The molecule has 0 fully saturated rings. The van der Waals surface area contributed by atoms with Gasteiger partial charge < -0.3 is 9.47 Å². The number of ether oxygens (including phenoxy) is 2. The molecule has 4 aromatic rings. The van der Waals surface area contributed by atoms with Gasteiger partial charge in [-0.25, -0.2) is 4.98 Å². The lowest BCUT2D eigenvalue weighted by Gasteiger charge is -2.16.